The highest BCUT2D eigenvalue weighted by Gasteiger charge is 2.19. The highest BCUT2D eigenvalue weighted by Crippen LogP contribution is 2.27. The highest BCUT2D eigenvalue weighted by molar-refractivity contribution is 8.00. The number of thioether (sulfide) groups is 1. The lowest BCUT2D eigenvalue weighted by atomic mass is 10.1. The largest absolute Gasteiger partial charge is 0.325 e. The van der Waals surface area contributed by atoms with Crippen LogP contribution in [0.5, 0.6) is 0 Å². The molecule has 0 aliphatic heterocycles. The van der Waals surface area contributed by atoms with E-state index >= 15 is 0 Å². The Morgan fingerprint density at radius 3 is 2.62 bits per heavy atom. The van der Waals surface area contributed by atoms with Crippen LogP contribution in [-0.4, -0.2) is 16.1 Å². The molecule has 0 spiro atoms. The first-order chi connectivity index (χ1) is 12.3. The molecule has 1 amide bonds. The Morgan fingerprint density at radius 2 is 1.96 bits per heavy atom. The number of amides is 1. The first kappa shape index (κ1) is 20.0. The molecule has 136 valence electrons. The molecule has 0 radical (unpaired) electrons. The average molecular weight is 368 g/mol. The number of carbonyl (C=O) groups excluding carboxylic acids is 1. The molecule has 0 fully saturated rings. The second-order valence-electron chi connectivity index (χ2n) is 6.86. The van der Waals surface area contributed by atoms with Gasteiger partial charge in [0.1, 0.15) is 11.1 Å². The molecule has 2 rings (SSSR count). The molecule has 1 heterocycles. The van der Waals surface area contributed by atoms with E-state index in [0.29, 0.717) is 16.5 Å². The zero-order valence-corrected chi connectivity index (χ0v) is 16.8. The number of nitriles is 1. The Labute approximate surface area is 160 Å². The molecule has 0 aliphatic carbocycles. The number of nitrogens with one attached hydrogen (secondary N) is 1. The summed E-state index contributed by atoms with van der Waals surface area (Å²) in [6.45, 7) is 10.1. The van der Waals surface area contributed by atoms with E-state index < -0.39 is 0 Å². The van der Waals surface area contributed by atoms with Crippen molar-refractivity contribution < 1.29 is 4.79 Å². The lowest BCUT2D eigenvalue weighted by Crippen LogP contribution is -2.23. The molecule has 5 heteroatoms. The van der Waals surface area contributed by atoms with Crippen molar-refractivity contribution >= 4 is 23.4 Å². The minimum absolute atomic E-state index is 0.0938. The van der Waals surface area contributed by atoms with Gasteiger partial charge in [0.05, 0.1) is 10.8 Å². The quantitative estimate of drug-likeness (QED) is 0.738. The van der Waals surface area contributed by atoms with Gasteiger partial charge in [-0.05, 0) is 62.4 Å². The lowest BCUT2D eigenvalue weighted by molar-refractivity contribution is -0.115. The van der Waals surface area contributed by atoms with Gasteiger partial charge >= 0.3 is 0 Å². The number of benzene rings is 1. The molecule has 1 unspecified atom stereocenters. The van der Waals surface area contributed by atoms with Crippen LogP contribution in [0.1, 0.15) is 43.2 Å². The summed E-state index contributed by atoms with van der Waals surface area (Å²) in [5, 5.41) is 12.6. The molecule has 1 aromatic heterocycles. The maximum Gasteiger partial charge on any atom is 0.237 e. The smallest absolute Gasteiger partial charge is 0.237 e. The third-order valence-electron chi connectivity index (χ3n) is 4.18. The molecule has 0 aliphatic rings. The standard InChI is InChI=1S/C21H25N3OS/c1-13(2)11-18-10-9-17(12-22)21(23-18)26-16(5)20(25)24-19-8-6-7-14(3)15(19)4/h6-10,13,16H,11H2,1-5H3,(H,24,25). The van der Waals surface area contributed by atoms with Crippen molar-refractivity contribution in [2.75, 3.05) is 5.32 Å². The van der Waals surface area contributed by atoms with Crippen molar-refractivity contribution in [2.45, 2.75) is 51.3 Å². The van der Waals surface area contributed by atoms with E-state index in [0.717, 1.165) is 28.9 Å². The van der Waals surface area contributed by atoms with Crippen molar-refractivity contribution in [2.24, 2.45) is 5.92 Å². The van der Waals surface area contributed by atoms with Gasteiger partial charge in [-0.25, -0.2) is 4.98 Å². The maximum atomic E-state index is 12.6. The number of nitrogens with zero attached hydrogens (tertiary/aromatic N) is 2. The Bertz CT molecular complexity index is 840. The van der Waals surface area contributed by atoms with E-state index in [9.17, 15) is 10.1 Å². The topological polar surface area (TPSA) is 65.8 Å². The monoisotopic (exact) mass is 367 g/mol. The van der Waals surface area contributed by atoms with Crippen LogP contribution >= 0.6 is 11.8 Å². The first-order valence-electron chi connectivity index (χ1n) is 8.75. The highest BCUT2D eigenvalue weighted by atomic mass is 32.2. The summed E-state index contributed by atoms with van der Waals surface area (Å²) < 4.78 is 0. The van der Waals surface area contributed by atoms with Gasteiger partial charge in [0.2, 0.25) is 5.91 Å². The maximum absolute atomic E-state index is 12.6. The van der Waals surface area contributed by atoms with Crippen LogP contribution in [0.2, 0.25) is 0 Å². The van der Waals surface area contributed by atoms with Crippen LogP contribution in [0.25, 0.3) is 0 Å². The summed E-state index contributed by atoms with van der Waals surface area (Å²) >= 11 is 1.33. The molecular weight excluding hydrogens is 342 g/mol. The second-order valence-corrected chi connectivity index (χ2v) is 8.19. The van der Waals surface area contributed by atoms with E-state index in [4.69, 9.17) is 0 Å². The number of hydrogen-bond acceptors (Lipinski definition) is 4. The normalized spacial score (nSPS) is 11.9. The molecule has 1 atom stereocenters. The van der Waals surface area contributed by atoms with E-state index in [2.05, 4.69) is 30.2 Å². The number of anilines is 1. The third-order valence-corrected chi connectivity index (χ3v) is 5.28. The van der Waals surface area contributed by atoms with Crippen molar-refractivity contribution in [3.63, 3.8) is 0 Å². The fraction of sp³-hybridized carbons (Fsp3) is 0.381. The summed E-state index contributed by atoms with van der Waals surface area (Å²) in [4.78, 5) is 17.2. The first-order valence-corrected chi connectivity index (χ1v) is 9.63. The van der Waals surface area contributed by atoms with Gasteiger partial charge in [-0.15, -0.1) is 0 Å². The van der Waals surface area contributed by atoms with Crippen LogP contribution in [0.3, 0.4) is 0 Å². The summed E-state index contributed by atoms with van der Waals surface area (Å²) in [5.74, 6) is 0.391. The average Bonchev–Trinajstić information content (AvgIpc) is 2.58. The van der Waals surface area contributed by atoms with Gasteiger partial charge in [0.25, 0.3) is 0 Å². The van der Waals surface area contributed by atoms with Gasteiger partial charge in [-0.2, -0.15) is 5.26 Å². The molecule has 0 saturated heterocycles. The number of carbonyl (C=O) groups is 1. The van der Waals surface area contributed by atoms with Gasteiger partial charge in [-0.1, -0.05) is 37.7 Å². The Hall–Kier alpha value is -2.32. The van der Waals surface area contributed by atoms with Crippen molar-refractivity contribution in [1.29, 1.82) is 5.26 Å². The molecule has 1 N–H and O–H groups in total. The van der Waals surface area contributed by atoms with E-state index in [1.807, 2.05) is 45.0 Å². The van der Waals surface area contributed by atoms with Gasteiger partial charge in [0, 0.05) is 11.4 Å². The minimum atomic E-state index is -0.358. The fourth-order valence-electron chi connectivity index (χ4n) is 2.53. The minimum Gasteiger partial charge on any atom is -0.325 e. The van der Waals surface area contributed by atoms with Crippen LogP contribution in [0.4, 0.5) is 5.69 Å². The SMILES string of the molecule is Cc1cccc(NC(=O)C(C)Sc2nc(CC(C)C)ccc2C#N)c1C. The molecule has 4 nitrogen and oxygen atoms in total. The van der Waals surface area contributed by atoms with Gasteiger partial charge in [-0.3, -0.25) is 4.79 Å². The molecule has 0 saturated carbocycles. The Morgan fingerprint density at radius 1 is 1.23 bits per heavy atom. The van der Waals surface area contributed by atoms with Crippen molar-refractivity contribution in [3.05, 3.63) is 52.7 Å². The Balaban J connectivity index is 2.15. The molecular formula is C21H25N3OS. The van der Waals surface area contributed by atoms with Gasteiger partial charge in [0.15, 0.2) is 0 Å². The van der Waals surface area contributed by atoms with Crippen molar-refractivity contribution in [1.82, 2.24) is 4.98 Å². The van der Waals surface area contributed by atoms with E-state index in [1.54, 1.807) is 6.07 Å². The molecule has 1 aromatic carbocycles. The predicted molar refractivity (Wildman–Crippen MR) is 107 cm³/mol. The summed E-state index contributed by atoms with van der Waals surface area (Å²) in [6.07, 6.45) is 0.850. The second kappa shape index (κ2) is 8.86. The number of rotatable bonds is 6. The summed E-state index contributed by atoms with van der Waals surface area (Å²) in [6, 6.07) is 11.7. The van der Waals surface area contributed by atoms with Crippen LogP contribution in [-0.2, 0) is 11.2 Å². The lowest BCUT2D eigenvalue weighted by Gasteiger charge is -2.15. The summed E-state index contributed by atoms with van der Waals surface area (Å²) in [5.41, 5.74) is 4.48. The zero-order valence-electron chi connectivity index (χ0n) is 16.0. The zero-order chi connectivity index (χ0) is 19.3. The summed E-state index contributed by atoms with van der Waals surface area (Å²) in [7, 11) is 0. The third kappa shape index (κ3) is 5.09. The Kier molecular flexibility index (Phi) is 6.82. The predicted octanol–water partition coefficient (Wildman–Crippen LogP) is 4.89. The van der Waals surface area contributed by atoms with Crippen LogP contribution in [0.15, 0.2) is 35.4 Å². The van der Waals surface area contributed by atoms with Crippen LogP contribution < -0.4 is 5.32 Å². The fourth-order valence-corrected chi connectivity index (χ4v) is 3.44. The van der Waals surface area contributed by atoms with E-state index in [-0.39, 0.29) is 11.2 Å². The van der Waals surface area contributed by atoms with E-state index in [1.165, 1.54) is 11.8 Å². The number of aryl methyl sites for hydroxylation is 1. The number of aromatic nitrogens is 1. The van der Waals surface area contributed by atoms with Crippen molar-refractivity contribution in [3.8, 4) is 6.07 Å². The number of hydrogen-bond donors (Lipinski definition) is 1. The molecule has 26 heavy (non-hydrogen) atoms. The molecule has 0 bridgehead atoms. The van der Waals surface area contributed by atoms with Gasteiger partial charge < -0.3 is 5.32 Å². The van der Waals surface area contributed by atoms with Crippen LogP contribution in [0, 0.1) is 31.1 Å². The number of pyridine rings is 1. The molecule has 2 aromatic rings.